The first kappa shape index (κ1) is 27.8. The van der Waals surface area contributed by atoms with E-state index in [2.05, 4.69) is 29.7 Å². The van der Waals surface area contributed by atoms with E-state index in [1.807, 2.05) is 13.8 Å². The lowest BCUT2D eigenvalue weighted by molar-refractivity contribution is -0.148. The number of ether oxygens (including phenoxy) is 3. The standard InChI is InChI=1S/C25H37FN4O5Si/c1-25(2)14-17(24(32)34-4)8-9-29(25)23(31)20-13-21(18-12-22(33-3)27-15-19(18)26)30(28-20)16-35-10-11-36(5,6)7/h12-13,15,17H,8-11,14,16H2,1-7H3. The molecule has 0 aromatic carbocycles. The Morgan fingerprint density at radius 2 is 1.94 bits per heavy atom. The number of carbonyl (C=O) groups excluding carboxylic acids is 2. The Morgan fingerprint density at radius 3 is 2.56 bits per heavy atom. The van der Waals surface area contributed by atoms with E-state index in [4.69, 9.17) is 14.2 Å². The van der Waals surface area contributed by atoms with Crippen LogP contribution < -0.4 is 4.74 Å². The molecule has 0 aliphatic carbocycles. The summed E-state index contributed by atoms with van der Waals surface area (Å²) in [4.78, 5) is 31.3. The molecule has 1 amide bonds. The first-order valence-electron chi connectivity index (χ1n) is 12.1. The Hall–Kier alpha value is -2.79. The number of likely N-dealkylation sites (tertiary alicyclic amines) is 1. The van der Waals surface area contributed by atoms with Gasteiger partial charge in [0.25, 0.3) is 5.91 Å². The number of esters is 1. The van der Waals surface area contributed by atoms with Gasteiger partial charge in [0.05, 0.1) is 32.0 Å². The van der Waals surface area contributed by atoms with E-state index < -0.39 is 19.4 Å². The highest BCUT2D eigenvalue weighted by atomic mass is 28.3. The fourth-order valence-electron chi connectivity index (χ4n) is 4.38. The number of aromatic nitrogens is 3. The summed E-state index contributed by atoms with van der Waals surface area (Å²) in [6.07, 6.45) is 2.07. The highest BCUT2D eigenvalue weighted by Gasteiger charge is 2.41. The second kappa shape index (κ2) is 11.1. The largest absolute Gasteiger partial charge is 0.481 e. The Morgan fingerprint density at radius 1 is 1.22 bits per heavy atom. The van der Waals surface area contributed by atoms with Crippen molar-refractivity contribution >= 4 is 20.0 Å². The van der Waals surface area contributed by atoms with Crippen molar-refractivity contribution in [1.29, 1.82) is 0 Å². The zero-order chi connectivity index (χ0) is 26.7. The van der Waals surface area contributed by atoms with Crippen LogP contribution in [-0.2, 0) is 21.0 Å². The van der Waals surface area contributed by atoms with Crippen LogP contribution in [0.25, 0.3) is 11.3 Å². The van der Waals surface area contributed by atoms with Gasteiger partial charge in [-0.05, 0) is 38.8 Å². The van der Waals surface area contributed by atoms with Gasteiger partial charge in [0.2, 0.25) is 5.88 Å². The predicted octanol–water partition coefficient (Wildman–Crippen LogP) is 4.21. The zero-order valence-electron chi connectivity index (χ0n) is 22.3. The molecule has 1 unspecified atom stereocenters. The van der Waals surface area contributed by atoms with Crippen LogP contribution in [0.5, 0.6) is 5.88 Å². The minimum absolute atomic E-state index is 0.0744. The molecule has 1 aliphatic rings. The first-order valence-corrected chi connectivity index (χ1v) is 15.8. The van der Waals surface area contributed by atoms with E-state index >= 15 is 0 Å². The molecule has 2 aromatic heterocycles. The Kier molecular flexibility index (Phi) is 8.55. The normalized spacial score (nSPS) is 17.7. The van der Waals surface area contributed by atoms with Gasteiger partial charge in [-0.25, -0.2) is 14.1 Å². The predicted molar refractivity (Wildman–Crippen MR) is 136 cm³/mol. The number of hydrogen-bond donors (Lipinski definition) is 0. The molecule has 1 aliphatic heterocycles. The number of halogens is 1. The maximum Gasteiger partial charge on any atom is 0.308 e. The molecule has 0 spiro atoms. The summed E-state index contributed by atoms with van der Waals surface area (Å²) in [5.74, 6) is -1.12. The van der Waals surface area contributed by atoms with E-state index in [-0.39, 0.29) is 41.7 Å². The van der Waals surface area contributed by atoms with Crippen molar-refractivity contribution in [1.82, 2.24) is 19.7 Å². The lowest BCUT2D eigenvalue weighted by Gasteiger charge is -2.44. The van der Waals surface area contributed by atoms with Gasteiger partial charge < -0.3 is 19.1 Å². The van der Waals surface area contributed by atoms with Crippen LogP contribution in [0.3, 0.4) is 0 Å². The average molecular weight is 521 g/mol. The fourth-order valence-corrected chi connectivity index (χ4v) is 5.14. The molecule has 3 heterocycles. The Balaban J connectivity index is 1.91. The SMILES string of the molecule is COC(=O)C1CCN(C(=O)c2cc(-c3cc(OC)ncc3F)n(COCC[Si](C)(C)C)n2)C(C)(C)C1. The van der Waals surface area contributed by atoms with E-state index in [0.717, 1.165) is 12.2 Å². The maximum atomic E-state index is 14.8. The molecule has 3 rings (SSSR count). The van der Waals surface area contributed by atoms with Crippen LogP contribution in [0.1, 0.15) is 37.2 Å². The number of pyridine rings is 1. The maximum absolute atomic E-state index is 14.8. The third-order valence-electron chi connectivity index (χ3n) is 6.48. The van der Waals surface area contributed by atoms with Gasteiger partial charge in [-0.15, -0.1) is 0 Å². The summed E-state index contributed by atoms with van der Waals surface area (Å²) >= 11 is 0. The summed E-state index contributed by atoms with van der Waals surface area (Å²) in [6, 6.07) is 4.02. The summed E-state index contributed by atoms with van der Waals surface area (Å²) in [5.41, 5.74) is 0.202. The molecule has 9 nitrogen and oxygen atoms in total. The summed E-state index contributed by atoms with van der Waals surface area (Å²) in [6.45, 7) is 11.6. The number of nitrogens with zero attached hydrogens (tertiary/aromatic N) is 4. The van der Waals surface area contributed by atoms with Crippen molar-refractivity contribution in [3.05, 3.63) is 29.8 Å². The molecule has 0 bridgehead atoms. The molecule has 1 atom stereocenters. The van der Waals surface area contributed by atoms with Crippen LogP contribution in [0.15, 0.2) is 18.3 Å². The highest BCUT2D eigenvalue weighted by Crippen LogP contribution is 2.34. The quantitative estimate of drug-likeness (QED) is 0.278. The van der Waals surface area contributed by atoms with Gasteiger partial charge in [-0.1, -0.05) is 19.6 Å². The lowest BCUT2D eigenvalue weighted by atomic mass is 9.82. The lowest BCUT2D eigenvalue weighted by Crippen LogP contribution is -2.54. The monoisotopic (exact) mass is 520 g/mol. The second-order valence-corrected chi connectivity index (χ2v) is 16.6. The zero-order valence-corrected chi connectivity index (χ0v) is 23.3. The van der Waals surface area contributed by atoms with E-state index in [0.29, 0.717) is 31.7 Å². The molecule has 1 saturated heterocycles. The Labute approximate surface area is 212 Å². The third-order valence-corrected chi connectivity index (χ3v) is 8.19. The number of amides is 1. The van der Waals surface area contributed by atoms with Crippen LogP contribution in [0.4, 0.5) is 4.39 Å². The molecule has 36 heavy (non-hydrogen) atoms. The van der Waals surface area contributed by atoms with Gasteiger partial charge in [0.1, 0.15) is 6.73 Å². The topological polar surface area (TPSA) is 95.8 Å². The number of rotatable bonds is 9. The third kappa shape index (κ3) is 6.50. The fraction of sp³-hybridized carbons (Fsp3) is 0.600. The van der Waals surface area contributed by atoms with Crippen molar-refractivity contribution in [3.8, 4) is 17.1 Å². The van der Waals surface area contributed by atoms with Crippen LogP contribution >= 0.6 is 0 Å². The summed E-state index contributed by atoms with van der Waals surface area (Å²) in [7, 11) is 1.53. The van der Waals surface area contributed by atoms with Gasteiger partial charge >= 0.3 is 5.97 Å². The van der Waals surface area contributed by atoms with Crippen LogP contribution in [0, 0.1) is 11.7 Å². The summed E-state index contributed by atoms with van der Waals surface area (Å²) < 4.78 is 32.3. The van der Waals surface area contributed by atoms with Gasteiger partial charge in [-0.3, -0.25) is 9.59 Å². The van der Waals surface area contributed by atoms with Crippen molar-refractivity contribution in [3.63, 3.8) is 0 Å². The molecule has 1 fully saturated rings. The molecular formula is C25H37FN4O5Si. The molecule has 198 valence electrons. The van der Waals surface area contributed by atoms with Gasteiger partial charge in [-0.2, -0.15) is 5.10 Å². The summed E-state index contributed by atoms with van der Waals surface area (Å²) in [5, 5.41) is 4.52. The molecule has 11 heteroatoms. The van der Waals surface area contributed by atoms with E-state index in [1.54, 1.807) is 11.0 Å². The van der Waals surface area contributed by atoms with Crippen LogP contribution in [-0.4, -0.2) is 72.5 Å². The van der Waals surface area contributed by atoms with Crippen molar-refractivity contribution in [2.75, 3.05) is 27.4 Å². The number of carbonyl (C=O) groups is 2. The van der Waals surface area contributed by atoms with Crippen molar-refractivity contribution < 1.29 is 28.2 Å². The van der Waals surface area contributed by atoms with Crippen molar-refractivity contribution in [2.45, 2.75) is 64.6 Å². The Bertz CT molecular complexity index is 1100. The molecule has 0 radical (unpaired) electrons. The van der Waals surface area contributed by atoms with Crippen LogP contribution in [0.2, 0.25) is 25.7 Å². The number of piperidine rings is 1. The average Bonchev–Trinajstić information content (AvgIpc) is 3.24. The molecule has 0 saturated carbocycles. The minimum Gasteiger partial charge on any atom is -0.481 e. The van der Waals surface area contributed by atoms with E-state index in [9.17, 15) is 14.0 Å². The molecular weight excluding hydrogens is 483 g/mol. The number of hydrogen-bond acceptors (Lipinski definition) is 7. The van der Waals surface area contributed by atoms with Gasteiger partial charge in [0.15, 0.2) is 11.5 Å². The van der Waals surface area contributed by atoms with Crippen molar-refractivity contribution in [2.24, 2.45) is 5.92 Å². The number of methoxy groups -OCH3 is 2. The minimum atomic E-state index is -1.30. The second-order valence-electron chi connectivity index (χ2n) is 11.0. The van der Waals surface area contributed by atoms with Gasteiger partial charge in [0, 0.05) is 38.4 Å². The highest BCUT2D eigenvalue weighted by molar-refractivity contribution is 6.76. The smallest absolute Gasteiger partial charge is 0.308 e. The molecule has 2 aromatic rings. The van der Waals surface area contributed by atoms with E-state index in [1.165, 1.54) is 25.0 Å². The first-order chi connectivity index (χ1) is 16.9. The molecule has 0 N–H and O–H groups in total.